The van der Waals surface area contributed by atoms with Crippen molar-refractivity contribution in [3.63, 3.8) is 0 Å². The fraction of sp³-hybridized carbons (Fsp3) is 0.278. The first-order chi connectivity index (χ1) is 11.6. The number of methoxy groups -OCH3 is 1. The molecule has 0 bridgehead atoms. The third kappa shape index (κ3) is 3.46. The fourth-order valence-electron chi connectivity index (χ4n) is 2.81. The Hall–Kier alpha value is -2.27. The average Bonchev–Trinajstić information content (AvgIpc) is 2.61. The highest BCUT2D eigenvalue weighted by atomic mass is 35.5. The lowest BCUT2D eigenvalue weighted by molar-refractivity contribution is 0.0747. The minimum Gasteiger partial charge on any atom is -0.497 e. The summed E-state index contributed by atoms with van der Waals surface area (Å²) in [6, 6.07) is 11.7. The summed E-state index contributed by atoms with van der Waals surface area (Å²) in [5.74, 6) is 0.203. The van der Waals surface area contributed by atoms with Gasteiger partial charge in [-0.3, -0.25) is 4.79 Å². The van der Waals surface area contributed by atoms with Crippen LogP contribution in [0, 0.1) is 5.82 Å². The van der Waals surface area contributed by atoms with E-state index >= 15 is 0 Å². The van der Waals surface area contributed by atoms with Gasteiger partial charge in [-0.25, -0.2) is 4.39 Å². The number of hydrogen-bond acceptors (Lipinski definition) is 3. The molecule has 0 saturated carbocycles. The lowest BCUT2D eigenvalue weighted by Crippen LogP contribution is -2.48. The van der Waals surface area contributed by atoms with Gasteiger partial charge in [0.15, 0.2) is 0 Å². The zero-order valence-corrected chi connectivity index (χ0v) is 14.1. The zero-order chi connectivity index (χ0) is 17.1. The van der Waals surface area contributed by atoms with Gasteiger partial charge >= 0.3 is 0 Å². The quantitative estimate of drug-likeness (QED) is 0.851. The number of anilines is 1. The highest BCUT2D eigenvalue weighted by Gasteiger charge is 2.24. The van der Waals surface area contributed by atoms with Crippen molar-refractivity contribution in [3.8, 4) is 5.75 Å². The topological polar surface area (TPSA) is 32.8 Å². The number of benzene rings is 2. The van der Waals surface area contributed by atoms with Crippen LogP contribution < -0.4 is 9.64 Å². The van der Waals surface area contributed by atoms with Crippen LogP contribution in [0.15, 0.2) is 42.5 Å². The van der Waals surface area contributed by atoms with Crippen molar-refractivity contribution >= 4 is 23.2 Å². The van der Waals surface area contributed by atoms with Crippen molar-refractivity contribution < 1.29 is 13.9 Å². The number of rotatable bonds is 3. The minimum absolute atomic E-state index is 0.148. The van der Waals surface area contributed by atoms with E-state index in [0.29, 0.717) is 18.7 Å². The van der Waals surface area contributed by atoms with Gasteiger partial charge in [0.25, 0.3) is 5.91 Å². The highest BCUT2D eigenvalue weighted by molar-refractivity contribution is 6.33. The van der Waals surface area contributed by atoms with E-state index in [1.807, 2.05) is 24.3 Å². The number of piperazine rings is 1. The van der Waals surface area contributed by atoms with Crippen LogP contribution in [-0.4, -0.2) is 44.1 Å². The Kier molecular flexibility index (Phi) is 4.90. The Bertz CT molecular complexity index is 746. The van der Waals surface area contributed by atoms with Gasteiger partial charge in [-0.15, -0.1) is 0 Å². The maximum atomic E-state index is 13.1. The molecule has 0 N–H and O–H groups in total. The van der Waals surface area contributed by atoms with Crippen LogP contribution in [0.1, 0.15) is 10.4 Å². The largest absolute Gasteiger partial charge is 0.497 e. The molecule has 1 saturated heterocycles. The zero-order valence-electron chi connectivity index (χ0n) is 13.3. The summed E-state index contributed by atoms with van der Waals surface area (Å²) in [6.07, 6.45) is 0. The Balaban J connectivity index is 1.67. The van der Waals surface area contributed by atoms with E-state index in [2.05, 4.69) is 4.90 Å². The predicted molar refractivity (Wildman–Crippen MR) is 92.5 cm³/mol. The van der Waals surface area contributed by atoms with Gasteiger partial charge in [-0.1, -0.05) is 17.7 Å². The first-order valence-corrected chi connectivity index (χ1v) is 8.09. The van der Waals surface area contributed by atoms with E-state index in [1.54, 1.807) is 12.0 Å². The number of hydrogen-bond donors (Lipinski definition) is 0. The van der Waals surface area contributed by atoms with Gasteiger partial charge in [-0.2, -0.15) is 0 Å². The van der Waals surface area contributed by atoms with Gasteiger partial charge in [0.1, 0.15) is 11.6 Å². The number of carbonyl (C=O) groups excluding carboxylic acids is 1. The number of nitrogens with zero attached hydrogens (tertiary/aromatic N) is 2. The van der Waals surface area contributed by atoms with Gasteiger partial charge in [0.05, 0.1) is 17.7 Å². The molecule has 0 aliphatic carbocycles. The molecule has 126 valence electrons. The molecule has 0 unspecified atom stereocenters. The molecule has 4 nitrogen and oxygen atoms in total. The molecule has 1 heterocycles. The monoisotopic (exact) mass is 348 g/mol. The first kappa shape index (κ1) is 16.6. The molecule has 2 aromatic rings. The van der Waals surface area contributed by atoms with Crippen molar-refractivity contribution in [1.82, 2.24) is 4.90 Å². The predicted octanol–water partition coefficient (Wildman–Crippen LogP) is 3.45. The van der Waals surface area contributed by atoms with Crippen LogP contribution in [0.3, 0.4) is 0 Å². The van der Waals surface area contributed by atoms with Crippen LogP contribution in [-0.2, 0) is 0 Å². The minimum atomic E-state index is -0.445. The van der Waals surface area contributed by atoms with Gasteiger partial charge < -0.3 is 14.5 Å². The lowest BCUT2D eigenvalue weighted by atomic mass is 10.1. The summed E-state index contributed by atoms with van der Waals surface area (Å²) in [5, 5.41) is 0.148. The van der Waals surface area contributed by atoms with Crippen LogP contribution >= 0.6 is 11.6 Å². The number of carbonyl (C=O) groups is 1. The van der Waals surface area contributed by atoms with Crippen molar-refractivity contribution in [2.24, 2.45) is 0 Å². The standard InChI is InChI=1S/C18H18ClFN2O2/c1-24-15-4-2-3-14(12-15)21-7-9-22(10-8-21)18(23)16-6-5-13(20)11-17(16)19/h2-6,11-12H,7-10H2,1H3. The molecule has 0 spiro atoms. The SMILES string of the molecule is COc1cccc(N2CCN(C(=O)c3ccc(F)cc3Cl)CC2)c1. The number of ether oxygens (including phenoxy) is 1. The Morgan fingerprint density at radius 3 is 2.54 bits per heavy atom. The number of halogens is 2. The van der Waals surface area contributed by atoms with Crippen molar-refractivity contribution in [2.45, 2.75) is 0 Å². The summed E-state index contributed by atoms with van der Waals surface area (Å²) in [6.45, 7) is 2.61. The molecule has 2 aromatic carbocycles. The molecule has 0 aromatic heterocycles. The lowest BCUT2D eigenvalue weighted by Gasteiger charge is -2.36. The van der Waals surface area contributed by atoms with E-state index < -0.39 is 5.82 Å². The van der Waals surface area contributed by atoms with Crippen LogP contribution in [0.25, 0.3) is 0 Å². The van der Waals surface area contributed by atoms with E-state index in [-0.39, 0.29) is 10.9 Å². The van der Waals surface area contributed by atoms with E-state index in [4.69, 9.17) is 16.3 Å². The first-order valence-electron chi connectivity index (χ1n) is 7.72. The molecule has 3 rings (SSSR count). The second-order valence-electron chi connectivity index (χ2n) is 5.60. The Labute approximate surface area is 145 Å². The maximum Gasteiger partial charge on any atom is 0.255 e. The van der Waals surface area contributed by atoms with Gasteiger partial charge in [-0.05, 0) is 30.3 Å². The molecule has 0 radical (unpaired) electrons. The van der Waals surface area contributed by atoms with Gasteiger partial charge in [0, 0.05) is 37.9 Å². The highest BCUT2D eigenvalue weighted by Crippen LogP contribution is 2.24. The molecule has 1 aliphatic heterocycles. The van der Waals surface area contributed by atoms with Crippen molar-refractivity contribution in [3.05, 3.63) is 58.9 Å². The molecule has 24 heavy (non-hydrogen) atoms. The third-order valence-electron chi connectivity index (χ3n) is 4.15. The molecule has 1 aliphatic rings. The van der Waals surface area contributed by atoms with Crippen molar-refractivity contribution in [1.29, 1.82) is 0 Å². The fourth-order valence-corrected chi connectivity index (χ4v) is 3.06. The second kappa shape index (κ2) is 7.09. The molecule has 0 atom stereocenters. The average molecular weight is 349 g/mol. The molecular formula is C18H18ClFN2O2. The molecule has 1 amide bonds. The summed E-state index contributed by atoms with van der Waals surface area (Å²) >= 11 is 5.99. The van der Waals surface area contributed by atoms with E-state index in [1.165, 1.54) is 18.2 Å². The van der Waals surface area contributed by atoms with E-state index in [9.17, 15) is 9.18 Å². The van der Waals surface area contributed by atoms with Crippen molar-refractivity contribution in [2.75, 3.05) is 38.2 Å². The Morgan fingerprint density at radius 2 is 1.88 bits per heavy atom. The normalized spacial score (nSPS) is 14.6. The summed E-state index contributed by atoms with van der Waals surface area (Å²) in [7, 11) is 1.64. The smallest absolute Gasteiger partial charge is 0.255 e. The summed E-state index contributed by atoms with van der Waals surface area (Å²) in [4.78, 5) is 16.5. The molecule has 6 heteroatoms. The van der Waals surface area contributed by atoms with Crippen LogP contribution in [0.4, 0.5) is 10.1 Å². The number of amides is 1. The maximum absolute atomic E-state index is 13.1. The summed E-state index contributed by atoms with van der Waals surface area (Å²) < 4.78 is 18.4. The molecular weight excluding hydrogens is 331 g/mol. The summed E-state index contributed by atoms with van der Waals surface area (Å²) in [5.41, 5.74) is 1.41. The van der Waals surface area contributed by atoms with Crippen LogP contribution in [0.5, 0.6) is 5.75 Å². The van der Waals surface area contributed by atoms with E-state index in [0.717, 1.165) is 24.5 Å². The van der Waals surface area contributed by atoms with Gasteiger partial charge in [0.2, 0.25) is 0 Å². The second-order valence-corrected chi connectivity index (χ2v) is 6.01. The molecule has 1 fully saturated rings. The van der Waals surface area contributed by atoms with Crippen LogP contribution in [0.2, 0.25) is 5.02 Å². The Morgan fingerprint density at radius 1 is 1.12 bits per heavy atom. The third-order valence-corrected chi connectivity index (χ3v) is 4.46.